The number of ether oxygens (including phenoxy) is 1. The summed E-state index contributed by atoms with van der Waals surface area (Å²) in [5, 5.41) is 0. The molecule has 1 unspecified atom stereocenters. The van der Waals surface area contributed by atoms with Crippen LogP contribution in [0, 0.1) is 0 Å². The third kappa shape index (κ3) is 2.33. The summed E-state index contributed by atoms with van der Waals surface area (Å²) in [5.74, 6) is 0.844. The third-order valence-electron chi connectivity index (χ3n) is 3.92. The van der Waals surface area contributed by atoms with Crippen molar-refractivity contribution in [2.75, 3.05) is 38.4 Å². The Kier molecular flexibility index (Phi) is 4.18. The maximum atomic E-state index is 12.7. The number of nitrogens with two attached hydrogens (primary N) is 1. The van der Waals surface area contributed by atoms with Crippen LogP contribution in [0.4, 0.5) is 11.4 Å². The first-order valence-corrected chi connectivity index (χ1v) is 6.94. The van der Waals surface area contributed by atoms with Crippen LogP contribution in [0.15, 0.2) is 12.1 Å². The van der Waals surface area contributed by atoms with Crippen molar-refractivity contribution < 1.29 is 9.53 Å². The Morgan fingerprint density at radius 1 is 1.45 bits per heavy atom. The Morgan fingerprint density at radius 3 is 2.70 bits per heavy atom. The molecule has 2 rings (SSSR count). The van der Waals surface area contributed by atoms with Crippen LogP contribution in [0.1, 0.15) is 18.9 Å². The van der Waals surface area contributed by atoms with Crippen LogP contribution in [0.25, 0.3) is 0 Å². The number of nitrogens with zero attached hydrogens (tertiary/aromatic N) is 2. The van der Waals surface area contributed by atoms with Crippen LogP contribution < -0.4 is 15.4 Å². The number of carbonyl (C=O) groups is 1. The number of carbonyl (C=O) groups excluding carboxylic acids is 1. The van der Waals surface area contributed by atoms with Gasteiger partial charge in [0.2, 0.25) is 5.91 Å². The standard InChI is InChI=1S/C15H23N3O2/c1-5-18-12-9-7-11(16)14(20-4)10(12)6-8-13(15(18)19)17(2)3/h7,9,13H,5-6,8,16H2,1-4H3. The number of likely N-dealkylation sites (N-methyl/N-ethyl adjacent to an activating group) is 2. The Bertz CT molecular complexity index is 514. The molecule has 5 heteroatoms. The predicted molar refractivity (Wildman–Crippen MR) is 81.2 cm³/mol. The van der Waals surface area contributed by atoms with E-state index in [1.54, 1.807) is 7.11 Å². The van der Waals surface area contributed by atoms with Crippen LogP contribution in [0.2, 0.25) is 0 Å². The van der Waals surface area contributed by atoms with Crippen LogP contribution in [0.3, 0.4) is 0 Å². The van der Waals surface area contributed by atoms with Crippen molar-refractivity contribution in [2.45, 2.75) is 25.8 Å². The van der Waals surface area contributed by atoms with Gasteiger partial charge in [0.05, 0.1) is 24.5 Å². The molecule has 0 radical (unpaired) electrons. The predicted octanol–water partition coefficient (Wildman–Crippen LogP) is 1.51. The Balaban J connectivity index is 2.54. The van der Waals surface area contributed by atoms with Gasteiger partial charge < -0.3 is 15.4 Å². The second-order valence-electron chi connectivity index (χ2n) is 5.29. The van der Waals surface area contributed by atoms with Crippen molar-refractivity contribution in [2.24, 2.45) is 0 Å². The van der Waals surface area contributed by atoms with Gasteiger partial charge in [-0.2, -0.15) is 0 Å². The number of amides is 1. The van der Waals surface area contributed by atoms with Crippen LogP contribution in [0.5, 0.6) is 5.75 Å². The maximum absolute atomic E-state index is 12.7. The number of rotatable bonds is 3. The molecular formula is C15H23N3O2. The van der Waals surface area contributed by atoms with Gasteiger partial charge in [-0.15, -0.1) is 0 Å². The van der Waals surface area contributed by atoms with E-state index in [1.165, 1.54) is 0 Å². The highest BCUT2D eigenvalue weighted by molar-refractivity contribution is 5.99. The van der Waals surface area contributed by atoms with Crippen molar-refractivity contribution in [3.8, 4) is 5.75 Å². The van der Waals surface area contributed by atoms with E-state index in [-0.39, 0.29) is 11.9 Å². The highest BCUT2D eigenvalue weighted by Crippen LogP contribution is 2.38. The summed E-state index contributed by atoms with van der Waals surface area (Å²) in [5.41, 5.74) is 8.56. The number of anilines is 2. The molecule has 0 bridgehead atoms. The molecule has 1 aromatic rings. The highest BCUT2D eigenvalue weighted by Gasteiger charge is 2.32. The molecule has 1 amide bonds. The normalized spacial score (nSPS) is 18.9. The van der Waals surface area contributed by atoms with Crippen molar-refractivity contribution in [3.05, 3.63) is 17.7 Å². The third-order valence-corrected chi connectivity index (χ3v) is 3.92. The van der Waals surface area contributed by atoms with Crippen LogP contribution >= 0.6 is 0 Å². The van der Waals surface area contributed by atoms with Crippen LogP contribution in [-0.2, 0) is 11.2 Å². The summed E-state index contributed by atoms with van der Waals surface area (Å²) in [7, 11) is 5.51. The average molecular weight is 277 g/mol. The van der Waals surface area contributed by atoms with Crippen molar-refractivity contribution >= 4 is 17.3 Å². The van der Waals surface area contributed by atoms with Gasteiger partial charge in [0.15, 0.2) is 0 Å². The van der Waals surface area contributed by atoms with Crippen LogP contribution in [-0.4, -0.2) is 44.6 Å². The van der Waals surface area contributed by atoms with E-state index in [1.807, 2.05) is 43.0 Å². The van der Waals surface area contributed by atoms with Gasteiger partial charge in [0.25, 0.3) is 0 Å². The van der Waals surface area contributed by atoms with E-state index in [0.29, 0.717) is 18.0 Å². The molecule has 2 N–H and O–H groups in total. The van der Waals surface area contributed by atoms with E-state index in [4.69, 9.17) is 10.5 Å². The zero-order chi connectivity index (χ0) is 14.9. The lowest BCUT2D eigenvalue weighted by Gasteiger charge is -2.28. The molecule has 0 saturated heterocycles. The molecule has 110 valence electrons. The molecule has 5 nitrogen and oxygen atoms in total. The molecule has 0 fully saturated rings. The molecule has 1 heterocycles. The summed E-state index contributed by atoms with van der Waals surface area (Å²) in [6, 6.07) is 3.63. The van der Waals surface area contributed by atoms with E-state index in [0.717, 1.165) is 24.1 Å². The molecule has 1 aliphatic rings. The Hall–Kier alpha value is -1.75. The summed E-state index contributed by atoms with van der Waals surface area (Å²) in [6.07, 6.45) is 1.56. The fourth-order valence-electron chi connectivity index (χ4n) is 2.88. The number of nitrogen functional groups attached to an aromatic ring is 1. The fraction of sp³-hybridized carbons (Fsp3) is 0.533. The number of hydrogen-bond donors (Lipinski definition) is 1. The molecule has 1 aliphatic heterocycles. The molecule has 1 aromatic carbocycles. The van der Waals surface area contributed by atoms with Crippen molar-refractivity contribution in [1.82, 2.24) is 4.90 Å². The highest BCUT2D eigenvalue weighted by atomic mass is 16.5. The van der Waals surface area contributed by atoms with Gasteiger partial charge in [-0.1, -0.05) is 0 Å². The zero-order valence-corrected chi connectivity index (χ0v) is 12.6. The lowest BCUT2D eigenvalue weighted by molar-refractivity contribution is -0.122. The second-order valence-corrected chi connectivity index (χ2v) is 5.29. The maximum Gasteiger partial charge on any atom is 0.244 e. The number of methoxy groups -OCH3 is 1. The van der Waals surface area contributed by atoms with Gasteiger partial charge in [0, 0.05) is 12.1 Å². The lowest BCUT2D eigenvalue weighted by atomic mass is 10.0. The summed E-state index contributed by atoms with van der Waals surface area (Å²) >= 11 is 0. The van der Waals surface area contributed by atoms with Gasteiger partial charge in [0.1, 0.15) is 5.75 Å². The van der Waals surface area contributed by atoms with E-state index >= 15 is 0 Å². The van der Waals surface area contributed by atoms with Crippen molar-refractivity contribution in [1.29, 1.82) is 0 Å². The molecular weight excluding hydrogens is 254 g/mol. The van der Waals surface area contributed by atoms with E-state index in [9.17, 15) is 4.79 Å². The molecule has 0 saturated carbocycles. The lowest BCUT2D eigenvalue weighted by Crippen LogP contribution is -2.45. The van der Waals surface area contributed by atoms with Crippen molar-refractivity contribution in [3.63, 3.8) is 0 Å². The molecule has 1 atom stereocenters. The minimum Gasteiger partial charge on any atom is -0.494 e. The Labute approximate surface area is 120 Å². The topological polar surface area (TPSA) is 58.8 Å². The summed E-state index contributed by atoms with van der Waals surface area (Å²) in [6.45, 7) is 2.63. The zero-order valence-electron chi connectivity index (χ0n) is 12.6. The first-order chi connectivity index (χ1) is 9.51. The SMILES string of the molecule is CCN1C(=O)C(N(C)C)CCc2c1ccc(N)c2OC. The molecule has 0 aliphatic carbocycles. The van der Waals surface area contributed by atoms with Gasteiger partial charge >= 0.3 is 0 Å². The number of fused-ring (bicyclic) bond motifs is 1. The summed E-state index contributed by atoms with van der Waals surface area (Å²) < 4.78 is 5.45. The van der Waals surface area contributed by atoms with E-state index in [2.05, 4.69) is 0 Å². The first kappa shape index (κ1) is 14.7. The minimum atomic E-state index is -0.103. The molecule has 0 spiro atoms. The van der Waals surface area contributed by atoms with Gasteiger partial charge in [-0.3, -0.25) is 9.69 Å². The largest absolute Gasteiger partial charge is 0.494 e. The quantitative estimate of drug-likeness (QED) is 0.851. The first-order valence-electron chi connectivity index (χ1n) is 6.94. The average Bonchev–Trinajstić information content (AvgIpc) is 2.55. The smallest absolute Gasteiger partial charge is 0.244 e. The number of hydrogen-bond acceptors (Lipinski definition) is 4. The summed E-state index contributed by atoms with van der Waals surface area (Å²) in [4.78, 5) is 16.5. The minimum absolute atomic E-state index is 0.103. The molecule has 20 heavy (non-hydrogen) atoms. The number of benzene rings is 1. The fourth-order valence-corrected chi connectivity index (χ4v) is 2.88. The monoisotopic (exact) mass is 277 g/mol. The molecule has 0 aromatic heterocycles. The van der Waals surface area contributed by atoms with Gasteiger partial charge in [-0.05, 0) is 46.0 Å². The second kappa shape index (κ2) is 5.71. The van der Waals surface area contributed by atoms with E-state index < -0.39 is 0 Å². The Morgan fingerprint density at radius 2 is 2.15 bits per heavy atom. The van der Waals surface area contributed by atoms with Gasteiger partial charge in [-0.25, -0.2) is 0 Å².